The monoisotopic (exact) mass is 734 g/mol. The molecule has 1 saturated carbocycles. The zero-order valence-corrected chi connectivity index (χ0v) is 28.7. The van der Waals surface area contributed by atoms with E-state index in [1.54, 1.807) is 16.7 Å². The Bertz CT molecular complexity index is 1630. The number of hydrogen-bond acceptors (Lipinski definition) is 8. The van der Waals surface area contributed by atoms with E-state index in [9.17, 15) is 23.2 Å². The van der Waals surface area contributed by atoms with Crippen LogP contribution >= 0.6 is 31.0 Å². The number of aliphatic hydroxyl groups excluding tert-OH is 1. The summed E-state index contributed by atoms with van der Waals surface area (Å²) in [6.45, 7) is 2.66. The summed E-state index contributed by atoms with van der Waals surface area (Å²) in [6, 6.07) is 8.71. The van der Waals surface area contributed by atoms with Gasteiger partial charge in [0, 0.05) is 17.6 Å². The lowest BCUT2D eigenvalue weighted by Crippen LogP contribution is -2.38. The van der Waals surface area contributed by atoms with Crippen molar-refractivity contribution in [2.45, 2.75) is 58.4 Å². The second-order valence-electron chi connectivity index (χ2n) is 12.1. The molecule has 1 aliphatic rings. The molecular weight excluding hydrogens is 698 g/mol. The molecule has 262 valence electrons. The summed E-state index contributed by atoms with van der Waals surface area (Å²) in [7, 11) is -4.82. The van der Waals surface area contributed by atoms with Crippen LogP contribution in [0.4, 0.5) is 14.5 Å². The number of halogens is 4. The number of phosphoric ester groups is 1. The Hall–Kier alpha value is -3.07. The summed E-state index contributed by atoms with van der Waals surface area (Å²) >= 11 is 13.0. The van der Waals surface area contributed by atoms with E-state index in [2.05, 4.69) is 19.9 Å². The van der Waals surface area contributed by atoms with E-state index in [0.717, 1.165) is 12.8 Å². The number of phosphoric acid groups is 1. The van der Waals surface area contributed by atoms with Crippen LogP contribution in [0.1, 0.15) is 61.2 Å². The van der Waals surface area contributed by atoms with E-state index in [1.165, 1.54) is 36.7 Å². The van der Waals surface area contributed by atoms with Crippen molar-refractivity contribution in [1.29, 1.82) is 0 Å². The van der Waals surface area contributed by atoms with Gasteiger partial charge in [-0.05, 0) is 75.4 Å². The minimum atomic E-state index is -4.82. The summed E-state index contributed by atoms with van der Waals surface area (Å²) in [5.74, 6) is -0.323. The molecule has 0 radical (unpaired) electrons. The Balaban J connectivity index is 1.52. The van der Waals surface area contributed by atoms with Gasteiger partial charge in [-0.2, -0.15) is 13.3 Å². The van der Waals surface area contributed by atoms with E-state index >= 15 is 0 Å². The first kappa shape index (κ1) is 37.7. The first-order chi connectivity index (χ1) is 22.5. The van der Waals surface area contributed by atoms with Crippen molar-refractivity contribution in [3.63, 3.8) is 0 Å². The van der Waals surface area contributed by atoms with Crippen molar-refractivity contribution < 1.29 is 56.3 Å². The molecule has 1 fully saturated rings. The van der Waals surface area contributed by atoms with Crippen molar-refractivity contribution >= 4 is 42.6 Å². The maximum Gasteiger partial charge on any atom is 0.472 e. The van der Waals surface area contributed by atoms with Crippen LogP contribution in [0, 0.1) is 5.92 Å². The quantitative estimate of drug-likeness (QED) is 0.0688. The highest BCUT2D eigenvalue weighted by Gasteiger charge is 2.25. The number of carbonyl (C=O) groups is 1. The Labute approximate surface area is 286 Å². The molecule has 0 aliphatic heterocycles. The van der Waals surface area contributed by atoms with Gasteiger partial charge < -0.3 is 39.7 Å². The minimum Gasteiger partial charge on any atom is -0.489 e. The number of pyridine rings is 1. The summed E-state index contributed by atoms with van der Waals surface area (Å²) in [6.07, 6.45) is 3.99. The van der Waals surface area contributed by atoms with E-state index < -0.39 is 33.2 Å². The number of anilines is 1. The molecule has 1 amide bonds. The van der Waals surface area contributed by atoms with Gasteiger partial charge in [0.15, 0.2) is 37.2 Å². The molecular formula is C31H37Cl2F2N3O9P+. The van der Waals surface area contributed by atoms with Gasteiger partial charge in [0.25, 0.3) is 5.91 Å². The highest BCUT2D eigenvalue weighted by atomic mass is 35.5. The number of benzene rings is 2. The van der Waals surface area contributed by atoms with E-state index in [0.29, 0.717) is 23.7 Å². The van der Waals surface area contributed by atoms with Crippen molar-refractivity contribution in [2.75, 3.05) is 25.3 Å². The lowest BCUT2D eigenvalue weighted by Gasteiger charge is -2.23. The van der Waals surface area contributed by atoms with Gasteiger partial charge in [-0.15, -0.1) is 0 Å². The van der Waals surface area contributed by atoms with Gasteiger partial charge in [-0.1, -0.05) is 29.3 Å². The molecule has 5 N–H and O–H groups in total. The zero-order valence-electron chi connectivity index (χ0n) is 26.3. The normalized spacial score (nSPS) is 14.1. The van der Waals surface area contributed by atoms with Crippen molar-refractivity contribution in [2.24, 2.45) is 5.92 Å². The minimum absolute atomic E-state index is 0.00571. The zero-order chi connectivity index (χ0) is 35.2. The Morgan fingerprint density at radius 3 is 2.33 bits per heavy atom. The molecule has 0 saturated heterocycles. The topological polar surface area (TPSA) is 160 Å². The number of aliphatic hydroxyl groups is 1. The number of nitrogens with one attached hydrogen (secondary N) is 2. The molecule has 0 bridgehead atoms. The number of ether oxygens (including phenoxy) is 3. The maximum atomic E-state index is 13.1. The number of alkyl halides is 2. The van der Waals surface area contributed by atoms with Crippen molar-refractivity contribution in [3.05, 3.63) is 75.5 Å². The first-order valence-electron chi connectivity index (χ1n) is 14.8. The fourth-order valence-electron chi connectivity index (χ4n) is 4.33. The van der Waals surface area contributed by atoms with Gasteiger partial charge in [-0.25, -0.2) is 9.09 Å². The predicted molar refractivity (Wildman–Crippen MR) is 173 cm³/mol. The molecule has 1 unspecified atom stereocenters. The lowest BCUT2D eigenvalue weighted by atomic mass is 10.0. The molecule has 1 atom stereocenters. The maximum absolute atomic E-state index is 13.1. The largest absolute Gasteiger partial charge is 0.489 e. The van der Waals surface area contributed by atoms with Crippen molar-refractivity contribution in [3.8, 4) is 17.2 Å². The number of amides is 1. The number of nitrogens with zero attached hydrogens (tertiary/aromatic N) is 1. The molecule has 3 aromatic rings. The second-order valence-corrected chi connectivity index (χ2v) is 14.2. The smallest absolute Gasteiger partial charge is 0.472 e. The van der Waals surface area contributed by atoms with E-state index in [4.69, 9.17) is 42.5 Å². The third kappa shape index (κ3) is 11.8. The van der Waals surface area contributed by atoms with Crippen LogP contribution in [0.3, 0.4) is 0 Å². The van der Waals surface area contributed by atoms with Crippen LogP contribution in [0.2, 0.25) is 10.0 Å². The summed E-state index contributed by atoms with van der Waals surface area (Å²) in [5.41, 5.74) is 0.926. The molecule has 17 heteroatoms. The Kier molecular flexibility index (Phi) is 12.7. The fraction of sp³-hybridized carbons (Fsp3) is 0.419. The number of carbonyl (C=O) groups excluding carboxylic acids is 1. The first-order valence-corrected chi connectivity index (χ1v) is 17.1. The Morgan fingerprint density at radius 2 is 1.73 bits per heavy atom. The third-order valence-electron chi connectivity index (χ3n) is 6.96. The molecule has 2 aromatic carbocycles. The highest BCUT2D eigenvalue weighted by molar-refractivity contribution is 7.46. The summed E-state index contributed by atoms with van der Waals surface area (Å²) < 4.78 is 58.8. The number of aromatic nitrogens is 1. The highest BCUT2D eigenvalue weighted by Crippen LogP contribution is 2.37. The molecule has 12 nitrogen and oxygen atoms in total. The van der Waals surface area contributed by atoms with Gasteiger partial charge in [0.2, 0.25) is 0 Å². The molecule has 48 heavy (non-hydrogen) atoms. The fourth-order valence-corrected chi connectivity index (χ4v) is 5.12. The molecule has 4 rings (SSSR count). The number of rotatable bonds is 16. The van der Waals surface area contributed by atoms with E-state index in [-0.39, 0.29) is 57.2 Å². The van der Waals surface area contributed by atoms with Gasteiger partial charge in [0.1, 0.15) is 15.8 Å². The Morgan fingerprint density at radius 1 is 1.04 bits per heavy atom. The van der Waals surface area contributed by atoms with Crippen LogP contribution in [0.25, 0.3) is 0 Å². The van der Waals surface area contributed by atoms with Gasteiger partial charge in [0.05, 0.1) is 24.0 Å². The lowest BCUT2D eigenvalue weighted by molar-refractivity contribution is -0.688. The van der Waals surface area contributed by atoms with Crippen LogP contribution in [-0.2, 0) is 15.6 Å². The molecule has 1 aromatic heterocycles. The SMILES string of the molecule is CC(C)(C)NCC(O)c1ccc(C[n+]2cc(Cl)c(NC(=O)c3ccc(OC(F)F)c(OCC4CC4)c3)c(Cl)c2)c(OCOP(=O)(O)O)c1. The molecule has 0 spiro atoms. The molecule has 1 heterocycles. The van der Waals surface area contributed by atoms with Gasteiger partial charge in [-0.3, -0.25) is 4.79 Å². The number of hydrogen-bond donors (Lipinski definition) is 5. The van der Waals surface area contributed by atoms with Crippen LogP contribution in [0.5, 0.6) is 17.2 Å². The number of β-amino-alcohol motifs (C(OH)–C–C–N with tert-alkyl or cyclic N) is 1. The summed E-state index contributed by atoms with van der Waals surface area (Å²) in [5, 5.41) is 16.7. The third-order valence-corrected chi connectivity index (χ3v) is 7.97. The standard InChI is InChI=1S/C31H36Cl2F2N3O9P/c1-31(2,3)36-12-24(39)19-6-7-21(26(10-19)45-17-46-48(41,42)43)13-38-14-22(32)28(23(33)15-38)37-29(40)20-8-9-25(47-30(34)35)27(11-20)44-16-18-4-5-18/h6-11,14-15,18,24,30,36,39H,4-5,12-13,16-17H2,1-3H3,(H2,41,42,43)/p+1. The van der Waals surface area contributed by atoms with Crippen LogP contribution in [-0.4, -0.2) is 52.9 Å². The van der Waals surface area contributed by atoms with Gasteiger partial charge >= 0.3 is 14.4 Å². The van der Waals surface area contributed by atoms with E-state index in [1.807, 2.05) is 20.8 Å². The van der Waals surface area contributed by atoms with Crippen molar-refractivity contribution in [1.82, 2.24) is 5.32 Å². The predicted octanol–water partition coefficient (Wildman–Crippen LogP) is 5.84. The summed E-state index contributed by atoms with van der Waals surface area (Å²) in [4.78, 5) is 31.3. The molecule has 1 aliphatic carbocycles. The van der Waals surface area contributed by atoms with Crippen LogP contribution in [0.15, 0.2) is 48.8 Å². The van der Waals surface area contributed by atoms with Crippen LogP contribution < -0.4 is 29.4 Å². The second kappa shape index (κ2) is 16.1. The average Bonchev–Trinajstić information content (AvgIpc) is 3.81. The average molecular weight is 736 g/mol.